The molecule has 5 nitrogen and oxygen atoms in total. The molecule has 15 heavy (non-hydrogen) atoms. The average Bonchev–Trinajstić information content (AvgIpc) is 2.23. The van der Waals surface area contributed by atoms with E-state index in [2.05, 4.69) is 0 Å². The summed E-state index contributed by atoms with van der Waals surface area (Å²) in [7, 11) is 1.38. The van der Waals surface area contributed by atoms with Crippen LogP contribution in [0.5, 0.6) is 0 Å². The first kappa shape index (κ1) is 14.2. The summed E-state index contributed by atoms with van der Waals surface area (Å²) in [6.07, 6.45) is -0.554. The number of carbonyl (C=O) groups excluding carboxylic acids is 1. The molecule has 0 aromatic rings. The van der Waals surface area contributed by atoms with Gasteiger partial charge in [0.2, 0.25) is 5.91 Å². The molecule has 0 spiro atoms. The molecule has 0 heterocycles. The highest BCUT2D eigenvalue weighted by Gasteiger charge is 2.28. The Bertz CT molecular complexity index is 198. The number of aliphatic hydroxyl groups excluding tert-OH is 1. The van der Waals surface area contributed by atoms with E-state index >= 15 is 0 Å². The van der Waals surface area contributed by atoms with Gasteiger partial charge < -0.3 is 20.9 Å². The molecule has 0 aliphatic rings. The largest absolute Gasteiger partial charge is 0.390 e. The molecule has 0 fully saturated rings. The molecule has 0 aliphatic carbocycles. The zero-order valence-corrected chi connectivity index (χ0v) is 8.50. The molecule has 0 aromatic heterocycles. The Balaban J connectivity index is 3.84. The Morgan fingerprint density at radius 1 is 1.67 bits per heavy atom. The van der Waals surface area contributed by atoms with Gasteiger partial charge in [0, 0.05) is 13.7 Å². The zero-order chi connectivity index (χ0) is 11.9. The van der Waals surface area contributed by atoms with Crippen molar-refractivity contribution in [1.82, 2.24) is 5.32 Å². The van der Waals surface area contributed by atoms with E-state index in [4.69, 9.17) is 15.6 Å². The highest BCUT2D eigenvalue weighted by atomic mass is 19.3. The first-order valence-corrected chi connectivity index (χ1v) is 4.43. The number of hydrogen-bond acceptors (Lipinski definition) is 4. The highest BCUT2D eigenvalue weighted by Crippen LogP contribution is 2.09. The van der Waals surface area contributed by atoms with Gasteiger partial charge in [0.1, 0.15) is 6.61 Å². The number of nitrogens with two attached hydrogens (primary N) is 1. The summed E-state index contributed by atoms with van der Waals surface area (Å²) in [5.41, 5.74) is 5.25. The van der Waals surface area contributed by atoms with Crippen LogP contribution in [0.15, 0.2) is 0 Å². The summed E-state index contributed by atoms with van der Waals surface area (Å²) < 4.78 is 29.8. The van der Waals surface area contributed by atoms with E-state index in [1.807, 2.05) is 5.32 Å². The van der Waals surface area contributed by atoms with E-state index in [1.54, 1.807) is 0 Å². The van der Waals surface area contributed by atoms with Gasteiger partial charge in [-0.1, -0.05) is 0 Å². The first-order valence-electron chi connectivity index (χ1n) is 4.43. The minimum Gasteiger partial charge on any atom is -0.390 e. The second-order valence-corrected chi connectivity index (χ2v) is 3.09. The molecule has 0 saturated heterocycles. The van der Waals surface area contributed by atoms with Gasteiger partial charge in [-0.2, -0.15) is 0 Å². The Hall–Kier alpha value is -0.790. The highest BCUT2D eigenvalue weighted by molar-refractivity contribution is 5.76. The third-order valence-electron chi connectivity index (χ3n) is 1.78. The molecular weight excluding hydrogens is 210 g/mol. The van der Waals surface area contributed by atoms with Crippen LogP contribution in [0, 0.1) is 0 Å². The van der Waals surface area contributed by atoms with Crippen molar-refractivity contribution in [2.45, 2.75) is 18.4 Å². The van der Waals surface area contributed by atoms with Crippen molar-refractivity contribution in [3.8, 4) is 0 Å². The summed E-state index contributed by atoms with van der Waals surface area (Å²) in [6.45, 7) is -2.04. The SMILES string of the molecule is COC(CN)CC(=O)NCC(F)(F)CO. The van der Waals surface area contributed by atoms with Crippen LogP contribution in [0.3, 0.4) is 0 Å². The predicted octanol–water partition coefficient (Wildman–Crippen LogP) is -0.906. The van der Waals surface area contributed by atoms with Crippen molar-refractivity contribution in [1.29, 1.82) is 0 Å². The Kier molecular flexibility index (Phi) is 6.30. The third kappa shape index (κ3) is 6.32. The van der Waals surface area contributed by atoms with Crippen molar-refractivity contribution in [3.63, 3.8) is 0 Å². The van der Waals surface area contributed by atoms with Crippen LogP contribution in [0.2, 0.25) is 0 Å². The fraction of sp³-hybridized carbons (Fsp3) is 0.875. The second-order valence-electron chi connectivity index (χ2n) is 3.09. The zero-order valence-electron chi connectivity index (χ0n) is 8.50. The lowest BCUT2D eigenvalue weighted by Gasteiger charge is -2.16. The molecule has 0 bridgehead atoms. The predicted molar refractivity (Wildman–Crippen MR) is 49.5 cm³/mol. The minimum atomic E-state index is -3.29. The number of amides is 1. The fourth-order valence-corrected chi connectivity index (χ4v) is 0.826. The number of carbonyl (C=O) groups is 1. The number of halogens is 2. The molecular formula is C8H16F2N2O3. The number of aliphatic hydroxyl groups is 1. The van der Waals surface area contributed by atoms with Crippen LogP contribution in [0.1, 0.15) is 6.42 Å². The summed E-state index contributed by atoms with van der Waals surface area (Å²) in [5, 5.41) is 10.2. The van der Waals surface area contributed by atoms with Gasteiger partial charge in [0.25, 0.3) is 5.92 Å². The van der Waals surface area contributed by atoms with Crippen molar-refractivity contribution in [3.05, 3.63) is 0 Å². The molecule has 90 valence electrons. The Morgan fingerprint density at radius 3 is 2.67 bits per heavy atom. The van der Waals surface area contributed by atoms with E-state index in [0.717, 1.165) is 0 Å². The number of methoxy groups -OCH3 is 1. The van der Waals surface area contributed by atoms with E-state index in [1.165, 1.54) is 7.11 Å². The smallest absolute Gasteiger partial charge is 0.287 e. The van der Waals surface area contributed by atoms with E-state index in [-0.39, 0.29) is 13.0 Å². The van der Waals surface area contributed by atoms with Crippen LogP contribution in [-0.2, 0) is 9.53 Å². The topological polar surface area (TPSA) is 84.6 Å². The van der Waals surface area contributed by atoms with Crippen molar-refractivity contribution >= 4 is 5.91 Å². The van der Waals surface area contributed by atoms with Crippen molar-refractivity contribution < 1.29 is 23.4 Å². The number of alkyl halides is 2. The standard InChI is InChI=1S/C8H16F2N2O3/c1-15-6(3-11)2-7(14)12-4-8(9,10)5-13/h6,13H,2-5,11H2,1H3,(H,12,14). The second kappa shape index (κ2) is 6.65. The van der Waals surface area contributed by atoms with Gasteiger partial charge in [-0.25, -0.2) is 8.78 Å². The third-order valence-corrected chi connectivity index (χ3v) is 1.78. The van der Waals surface area contributed by atoms with E-state index in [9.17, 15) is 13.6 Å². The minimum absolute atomic E-state index is 0.0749. The number of nitrogens with one attached hydrogen (secondary N) is 1. The van der Waals surface area contributed by atoms with Crippen LogP contribution < -0.4 is 11.1 Å². The molecule has 1 amide bonds. The van der Waals surface area contributed by atoms with Gasteiger partial charge in [-0.3, -0.25) is 4.79 Å². The molecule has 0 aromatic carbocycles. The lowest BCUT2D eigenvalue weighted by molar-refractivity contribution is -0.126. The normalized spacial score (nSPS) is 13.7. The molecule has 1 atom stereocenters. The maximum atomic E-state index is 12.5. The Labute approximate surface area is 86.6 Å². The van der Waals surface area contributed by atoms with Gasteiger partial charge in [0.05, 0.1) is 19.1 Å². The first-order chi connectivity index (χ1) is 6.95. The molecule has 0 saturated carbocycles. The van der Waals surface area contributed by atoms with Crippen LogP contribution in [0.4, 0.5) is 8.78 Å². The number of ether oxygens (including phenoxy) is 1. The fourth-order valence-electron chi connectivity index (χ4n) is 0.826. The van der Waals surface area contributed by atoms with Crippen LogP contribution >= 0.6 is 0 Å². The number of rotatable bonds is 7. The molecule has 4 N–H and O–H groups in total. The van der Waals surface area contributed by atoms with Gasteiger partial charge in [-0.15, -0.1) is 0 Å². The summed E-state index contributed by atoms with van der Waals surface area (Å²) in [6, 6.07) is 0. The number of hydrogen-bond donors (Lipinski definition) is 3. The summed E-state index contributed by atoms with van der Waals surface area (Å²) in [4.78, 5) is 11.1. The quantitative estimate of drug-likeness (QED) is 0.525. The lowest BCUT2D eigenvalue weighted by Crippen LogP contribution is -2.40. The average molecular weight is 226 g/mol. The maximum absolute atomic E-state index is 12.5. The molecule has 1 unspecified atom stereocenters. The van der Waals surface area contributed by atoms with Gasteiger partial charge in [-0.05, 0) is 0 Å². The summed E-state index contributed by atoms with van der Waals surface area (Å²) in [5.74, 6) is -3.87. The molecule has 0 aliphatic heterocycles. The molecule has 0 rings (SSSR count). The van der Waals surface area contributed by atoms with Gasteiger partial charge >= 0.3 is 0 Å². The monoisotopic (exact) mass is 226 g/mol. The van der Waals surface area contributed by atoms with Crippen LogP contribution in [-0.4, -0.2) is 49.8 Å². The molecule has 7 heteroatoms. The van der Waals surface area contributed by atoms with E-state index < -0.39 is 31.1 Å². The van der Waals surface area contributed by atoms with Gasteiger partial charge in [0.15, 0.2) is 0 Å². The van der Waals surface area contributed by atoms with Crippen molar-refractivity contribution in [2.24, 2.45) is 5.73 Å². The maximum Gasteiger partial charge on any atom is 0.287 e. The van der Waals surface area contributed by atoms with Crippen molar-refractivity contribution in [2.75, 3.05) is 26.8 Å². The summed E-state index contributed by atoms with van der Waals surface area (Å²) >= 11 is 0. The Morgan fingerprint density at radius 2 is 2.27 bits per heavy atom. The van der Waals surface area contributed by atoms with E-state index in [0.29, 0.717) is 0 Å². The van der Waals surface area contributed by atoms with Crippen LogP contribution in [0.25, 0.3) is 0 Å². The lowest BCUT2D eigenvalue weighted by atomic mass is 10.2. The molecule has 0 radical (unpaired) electrons.